The molecule has 0 saturated carbocycles. The van der Waals surface area contributed by atoms with Crippen LogP contribution in [0, 0.1) is 10.1 Å². The van der Waals surface area contributed by atoms with Crippen LogP contribution in [0.25, 0.3) is 0 Å². The predicted molar refractivity (Wildman–Crippen MR) is 63.3 cm³/mol. The van der Waals surface area contributed by atoms with Gasteiger partial charge >= 0.3 is 5.69 Å². The highest BCUT2D eigenvalue weighted by molar-refractivity contribution is 5.51. The molecule has 6 heteroatoms. The summed E-state index contributed by atoms with van der Waals surface area (Å²) < 4.78 is 10.2. The number of nitrogens with zero attached hydrogens (tertiary/aromatic N) is 1. The maximum atomic E-state index is 10.8. The van der Waals surface area contributed by atoms with E-state index in [0.29, 0.717) is 11.3 Å². The molecule has 1 aromatic carbocycles. The summed E-state index contributed by atoms with van der Waals surface area (Å²) in [6.45, 7) is 4.09. The Kier molecular flexibility index (Phi) is 4.47. The summed E-state index contributed by atoms with van der Waals surface area (Å²) in [5, 5.41) is 10.8. The molecule has 0 atom stereocenters. The van der Waals surface area contributed by atoms with Crippen molar-refractivity contribution in [2.24, 2.45) is 5.73 Å². The van der Waals surface area contributed by atoms with Crippen LogP contribution in [0.5, 0.6) is 11.5 Å². The Labute approximate surface area is 98.8 Å². The highest BCUT2D eigenvalue weighted by atomic mass is 16.6. The molecule has 1 rings (SSSR count). The third kappa shape index (κ3) is 3.46. The van der Waals surface area contributed by atoms with E-state index in [-0.39, 0.29) is 24.6 Å². The molecule has 0 aliphatic rings. The summed E-state index contributed by atoms with van der Waals surface area (Å²) in [6.07, 6.45) is 0. The second kappa shape index (κ2) is 5.86. The van der Waals surface area contributed by atoms with Crippen molar-refractivity contribution < 1.29 is 14.4 Å². The Morgan fingerprint density at radius 3 is 2.82 bits per heavy atom. The van der Waals surface area contributed by atoms with E-state index in [4.69, 9.17) is 15.2 Å². The Morgan fingerprint density at radius 1 is 1.59 bits per heavy atom. The lowest BCUT2D eigenvalue weighted by atomic mass is 10.2. The molecule has 17 heavy (non-hydrogen) atoms. The third-order valence-electron chi connectivity index (χ3n) is 2.08. The quantitative estimate of drug-likeness (QED) is 0.461. The monoisotopic (exact) mass is 238 g/mol. The molecule has 0 spiro atoms. The third-order valence-corrected chi connectivity index (χ3v) is 2.08. The van der Waals surface area contributed by atoms with Crippen LogP contribution in [0.4, 0.5) is 5.69 Å². The Morgan fingerprint density at radius 2 is 2.29 bits per heavy atom. The van der Waals surface area contributed by atoms with Crippen LogP contribution in [0.2, 0.25) is 0 Å². The molecule has 6 nitrogen and oxygen atoms in total. The molecule has 0 bridgehead atoms. The van der Waals surface area contributed by atoms with E-state index in [9.17, 15) is 10.1 Å². The van der Waals surface area contributed by atoms with Crippen molar-refractivity contribution in [3.8, 4) is 11.5 Å². The highest BCUT2D eigenvalue weighted by Crippen LogP contribution is 2.31. The average molecular weight is 238 g/mol. The zero-order chi connectivity index (χ0) is 12.8. The molecule has 1 aromatic rings. The fraction of sp³-hybridized carbons (Fsp3) is 0.273. The molecule has 0 unspecified atom stereocenters. The van der Waals surface area contributed by atoms with Gasteiger partial charge in [0.15, 0.2) is 5.75 Å². The van der Waals surface area contributed by atoms with Gasteiger partial charge in [0, 0.05) is 6.54 Å². The summed E-state index contributed by atoms with van der Waals surface area (Å²) in [5.41, 5.74) is 5.86. The highest BCUT2D eigenvalue weighted by Gasteiger charge is 2.16. The van der Waals surface area contributed by atoms with Gasteiger partial charge in [-0.3, -0.25) is 10.1 Å². The largest absolute Gasteiger partial charge is 0.496 e. The van der Waals surface area contributed by atoms with E-state index in [1.165, 1.54) is 19.2 Å². The van der Waals surface area contributed by atoms with Crippen molar-refractivity contribution >= 4 is 5.69 Å². The molecule has 0 saturated heterocycles. The van der Waals surface area contributed by atoms with E-state index < -0.39 is 4.92 Å². The first kappa shape index (κ1) is 13.0. The maximum Gasteiger partial charge on any atom is 0.314 e. The van der Waals surface area contributed by atoms with Crippen LogP contribution in [0.15, 0.2) is 30.4 Å². The molecule has 2 N–H and O–H groups in total. The summed E-state index contributed by atoms with van der Waals surface area (Å²) in [5.74, 6) is 0.576. The van der Waals surface area contributed by atoms with Crippen LogP contribution >= 0.6 is 0 Å². The number of nitro benzene ring substituents is 1. The molecule has 0 aromatic heterocycles. The zero-order valence-corrected chi connectivity index (χ0v) is 9.51. The van der Waals surface area contributed by atoms with Gasteiger partial charge in [0.05, 0.1) is 18.1 Å². The smallest absolute Gasteiger partial charge is 0.314 e. The summed E-state index contributed by atoms with van der Waals surface area (Å²) >= 11 is 0. The van der Waals surface area contributed by atoms with Gasteiger partial charge in [-0.1, -0.05) is 6.58 Å². The number of nitro groups is 1. The summed E-state index contributed by atoms with van der Waals surface area (Å²) in [4.78, 5) is 10.3. The molecule has 0 radical (unpaired) electrons. The number of methoxy groups -OCH3 is 1. The summed E-state index contributed by atoms with van der Waals surface area (Å²) in [7, 11) is 1.44. The van der Waals surface area contributed by atoms with E-state index in [1.54, 1.807) is 6.07 Å². The normalized spacial score (nSPS) is 9.76. The molecule has 0 aliphatic heterocycles. The Hall–Kier alpha value is -2.08. The first-order valence-corrected chi connectivity index (χ1v) is 4.90. The van der Waals surface area contributed by atoms with Crippen molar-refractivity contribution in [1.29, 1.82) is 0 Å². The molecule has 0 fully saturated rings. The number of hydrogen-bond donors (Lipinski definition) is 1. The van der Waals surface area contributed by atoms with Crippen LogP contribution in [-0.2, 0) is 0 Å². The lowest BCUT2D eigenvalue weighted by Crippen LogP contribution is -2.10. The zero-order valence-electron chi connectivity index (χ0n) is 9.51. The van der Waals surface area contributed by atoms with Gasteiger partial charge in [0.25, 0.3) is 0 Å². The topological polar surface area (TPSA) is 87.6 Å². The minimum Gasteiger partial charge on any atom is -0.496 e. The van der Waals surface area contributed by atoms with Gasteiger partial charge in [-0.15, -0.1) is 0 Å². The summed E-state index contributed by atoms with van der Waals surface area (Å²) in [6, 6.07) is 4.38. The standard InChI is InChI=1S/C11H14N2O4/c1-8(6-12)7-17-11-4-3-9(16-2)5-10(11)13(14)15/h3-5H,1,6-7,12H2,2H3. The van der Waals surface area contributed by atoms with Gasteiger partial charge in [-0.25, -0.2) is 0 Å². The van der Waals surface area contributed by atoms with Crippen molar-refractivity contribution in [1.82, 2.24) is 0 Å². The fourth-order valence-corrected chi connectivity index (χ4v) is 1.13. The van der Waals surface area contributed by atoms with Crippen LogP contribution < -0.4 is 15.2 Å². The van der Waals surface area contributed by atoms with E-state index >= 15 is 0 Å². The molecule has 0 aliphatic carbocycles. The maximum absolute atomic E-state index is 10.8. The fourth-order valence-electron chi connectivity index (χ4n) is 1.13. The lowest BCUT2D eigenvalue weighted by molar-refractivity contribution is -0.385. The number of hydrogen-bond acceptors (Lipinski definition) is 5. The molecular formula is C11H14N2O4. The van der Waals surface area contributed by atoms with Crippen LogP contribution in [0.3, 0.4) is 0 Å². The first-order chi connectivity index (χ1) is 8.08. The average Bonchev–Trinajstić information content (AvgIpc) is 2.35. The van der Waals surface area contributed by atoms with Crippen molar-refractivity contribution in [2.75, 3.05) is 20.3 Å². The van der Waals surface area contributed by atoms with E-state index in [0.717, 1.165) is 0 Å². The minimum atomic E-state index is -0.525. The lowest BCUT2D eigenvalue weighted by Gasteiger charge is -2.08. The van der Waals surface area contributed by atoms with E-state index in [1.807, 2.05) is 0 Å². The SMILES string of the molecule is C=C(CN)COc1ccc(OC)cc1[N+](=O)[O-]. The Balaban J connectivity index is 2.90. The second-order valence-corrected chi connectivity index (χ2v) is 3.33. The van der Waals surface area contributed by atoms with Gasteiger partial charge in [0.2, 0.25) is 0 Å². The molecule has 92 valence electrons. The molecular weight excluding hydrogens is 224 g/mol. The van der Waals surface area contributed by atoms with E-state index in [2.05, 4.69) is 6.58 Å². The number of nitrogens with two attached hydrogens (primary N) is 1. The number of ether oxygens (including phenoxy) is 2. The van der Waals surface area contributed by atoms with Gasteiger partial charge < -0.3 is 15.2 Å². The van der Waals surface area contributed by atoms with Gasteiger partial charge in [0.1, 0.15) is 12.4 Å². The minimum absolute atomic E-state index is 0.144. The van der Waals surface area contributed by atoms with Crippen molar-refractivity contribution in [3.63, 3.8) is 0 Å². The van der Waals surface area contributed by atoms with Gasteiger partial charge in [-0.05, 0) is 17.7 Å². The molecule has 0 heterocycles. The van der Waals surface area contributed by atoms with Crippen molar-refractivity contribution in [3.05, 3.63) is 40.5 Å². The number of rotatable bonds is 6. The van der Waals surface area contributed by atoms with Crippen molar-refractivity contribution in [2.45, 2.75) is 0 Å². The Bertz CT molecular complexity index is 431. The first-order valence-electron chi connectivity index (χ1n) is 4.90. The number of benzene rings is 1. The van der Waals surface area contributed by atoms with Crippen LogP contribution in [-0.4, -0.2) is 25.2 Å². The molecule has 0 amide bonds. The van der Waals surface area contributed by atoms with Gasteiger partial charge in [-0.2, -0.15) is 0 Å². The predicted octanol–water partition coefficient (Wildman–Crippen LogP) is 1.50. The van der Waals surface area contributed by atoms with Crippen LogP contribution in [0.1, 0.15) is 0 Å². The second-order valence-electron chi connectivity index (χ2n) is 3.33.